The quantitative estimate of drug-likeness (QED) is 0.374. The molecule has 0 bridgehead atoms. The van der Waals surface area contributed by atoms with Crippen LogP contribution in [-0.4, -0.2) is 92.1 Å². The minimum absolute atomic E-state index is 0. The molecule has 28 valence electrons. The smallest absolute Gasteiger partial charge is 1.00 e. The number of halogens is 2. The van der Waals surface area contributed by atoms with E-state index in [0.29, 0.717) is 0 Å². The van der Waals surface area contributed by atoms with Crippen LogP contribution in [-0.2, 0) is 0 Å². The molecule has 0 unspecified atom stereocenters. The molecule has 0 fully saturated rings. The minimum atomic E-state index is 0. The first-order chi connectivity index (χ1) is 0. The Morgan fingerprint density at radius 2 is 1.00 bits per heavy atom. The van der Waals surface area contributed by atoms with Crippen molar-refractivity contribution in [3.05, 3.63) is 0 Å². The molecular formula is H4BaCaF2O. The molecule has 0 rings (SSSR count). The van der Waals surface area contributed by atoms with Crippen molar-refractivity contribution in [3.8, 4) is 0 Å². The second-order valence-electron chi connectivity index (χ2n) is 0. The van der Waals surface area contributed by atoms with Crippen LogP contribution in [0.15, 0.2) is 0 Å². The van der Waals surface area contributed by atoms with Crippen LogP contribution in [0.25, 0.3) is 0 Å². The largest absolute Gasteiger partial charge is 2.00 e. The molecule has 5 heteroatoms. The summed E-state index contributed by atoms with van der Waals surface area (Å²) in [5.41, 5.74) is 0. The second-order valence-corrected chi connectivity index (χ2v) is 0. The van der Waals surface area contributed by atoms with Crippen LogP contribution < -0.4 is 9.41 Å². The van der Waals surface area contributed by atoms with Crippen molar-refractivity contribution >= 4 is 86.6 Å². The van der Waals surface area contributed by atoms with E-state index in [-0.39, 0.29) is 104 Å². The van der Waals surface area contributed by atoms with E-state index in [1.807, 2.05) is 0 Å². The van der Waals surface area contributed by atoms with Crippen LogP contribution in [0.4, 0.5) is 0 Å². The normalized spacial score (nSPS) is 0. The van der Waals surface area contributed by atoms with Crippen molar-refractivity contribution in [1.82, 2.24) is 0 Å². The second kappa shape index (κ2) is 30.2. The zero-order chi connectivity index (χ0) is 0. The van der Waals surface area contributed by atoms with Gasteiger partial charge in [0.15, 0.2) is 0 Å². The van der Waals surface area contributed by atoms with Crippen molar-refractivity contribution < 1.29 is 17.7 Å². The summed E-state index contributed by atoms with van der Waals surface area (Å²) in [7, 11) is 0. The summed E-state index contributed by atoms with van der Waals surface area (Å²) in [4.78, 5) is 0. The molecule has 0 aromatic carbocycles. The maximum Gasteiger partial charge on any atom is 2.00 e. The fourth-order valence-corrected chi connectivity index (χ4v) is 0. The summed E-state index contributed by atoms with van der Waals surface area (Å²) in [6.45, 7) is 0. The molecule has 0 saturated heterocycles. The standard InChI is InChI=1S/Ba.Ca.2FH.H2O.2H/h;;2*1H;1H2;;/q2*+2;;;;2*-1/p-2. The zero-order valence-electron chi connectivity index (χ0n) is 4.67. The van der Waals surface area contributed by atoms with Crippen molar-refractivity contribution in [2.24, 2.45) is 0 Å². The monoisotopic (exact) mass is 236 g/mol. The summed E-state index contributed by atoms with van der Waals surface area (Å²) in [5, 5.41) is 0. The molecule has 0 aromatic rings. The van der Waals surface area contributed by atoms with Gasteiger partial charge in [0.05, 0.1) is 0 Å². The third-order valence-corrected chi connectivity index (χ3v) is 0. The minimum Gasteiger partial charge on any atom is -1.00 e. The van der Waals surface area contributed by atoms with Crippen molar-refractivity contribution in [1.29, 1.82) is 0 Å². The van der Waals surface area contributed by atoms with E-state index < -0.39 is 0 Å². The van der Waals surface area contributed by atoms with Gasteiger partial charge in [0.2, 0.25) is 0 Å². The Balaban J connectivity index is 0. The van der Waals surface area contributed by atoms with E-state index in [0.717, 1.165) is 0 Å². The zero-order valence-corrected chi connectivity index (χ0v) is 9.32. The van der Waals surface area contributed by atoms with E-state index in [1.54, 1.807) is 0 Å². The van der Waals surface area contributed by atoms with Crippen molar-refractivity contribution in [3.63, 3.8) is 0 Å². The molecule has 0 heterocycles. The Bertz CT molecular complexity index is 15.7. The van der Waals surface area contributed by atoms with Crippen LogP contribution in [0, 0.1) is 0 Å². The molecular weight excluding hydrogens is 231 g/mol. The molecule has 0 aliphatic heterocycles. The first-order valence-electron chi connectivity index (χ1n) is 0. The van der Waals surface area contributed by atoms with Gasteiger partial charge in [-0.25, -0.2) is 0 Å². The third kappa shape index (κ3) is 20.5. The average Bonchev–Trinajstić information content (AvgIpc) is 0. The van der Waals surface area contributed by atoms with Gasteiger partial charge in [-0.1, -0.05) is 0 Å². The van der Waals surface area contributed by atoms with Gasteiger partial charge in [-0.15, -0.1) is 0 Å². The van der Waals surface area contributed by atoms with Gasteiger partial charge in [-0.05, 0) is 0 Å². The molecule has 0 saturated carbocycles. The van der Waals surface area contributed by atoms with Gasteiger partial charge in [-0.2, -0.15) is 0 Å². The Kier molecular flexibility index (Phi) is 291. The first-order valence-corrected chi connectivity index (χ1v) is 0. The number of hydrogen-bond donors (Lipinski definition) is 0. The summed E-state index contributed by atoms with van der Waals surface area (Å²) in [5.74, 6) is 0. The van der Waals surface area contributed by atoms with Gasteiger partial charge in [-0.3, -0.25) is 0 Å². The van der Waals surface area contributed by atoms with Gasteiger partial charge >= 0.3 is 86.6 Å². The Hall–Kier alpha value is 2.65. The van der Waals surface area contributed by atoms with Gasteiger partial charge in [0.25, 0.3) is 0 Å². The summed E-state index contributed by atoms with van der Waals surface area (Å²) >= 11 is 0. The van der Waals surface area contributed by atoms with Crippen molar-refractivity contribution in [2.75, 3.05) is 0 Å². The number of hydrogen-bond acceptors (Lipinski definition) is 0. The predicted octanol–water partition coefficient (Wildman–Crippen LogP) is -7.35. The molecule has 0 aromatic heterocycles. The summed E-state index contributed by atoms with van der Waals surface area (Å²) < 4.78 is 0. The van der Waals surface area contributed by atoms with E-state index >= 15 is 0 Å². The van der Waals surface area contributed by atoms with Crippen molar-refractivity contribution in [2.45, 2.75) is 0 Å². The van der Waals surface area contributed by atoms with Gasteiger partial charge in [0.1, 0.15) is 0 Å². The molecule has 1 nitrogen and oxygen atoms in total. The first kappa shape index (κ1) is 48.2. The molecule has 0 spiro atoms. The third-order valence-electron chi connectivity index (χ3n) is 0. The predicted molar refractivity (Wildman–Crippen MR) is 17.3 cm³/mol. The van der Waals surface area contributed by atoms with Gasteiger partial charge < -0.3 is 17.7 Å². The summed E-state index contributed by atoms with van der Waals surface area (Å²) in [6.07, 6.45) is 0. The summed E-state index contributed by atoms with van der Waals surface area (Å²) in [6, 6.07) is 0. The molecule has 0 amide bonds. The fourth-order valence-electron chi connectivity index (χ4n) is 0. The fraction of sp³-hybridized carbons (Fsp3) is 0. The van der Waals surface area contributed by atoms with Gasteiger partial charge in [0, 0.05) is 0 Å². The van der Waals surface area contributed by atoms with Crippen LogP contribution >= 0.6 is 0 Å². The van der Waals surface area contributed by atoms with E-state index in [9.17, 15) is 0 Å². The molecule has 0 aliphatic rings. The Morgan fingerprint density at radius 3 is 1.00 bits per heavy atom. The van der Waals surface area contributed by atoms with E-state index in [1.165, 1.54) is 0 Å². The Labute approximate surface area is 102 Å². The SMILES string of the molecule is O.[Ba+2].[Ca+2].[F-].[F-].[H-].[H-]. The maximum absolute atomic E-state index is 0. The molecule has 2 N–H and O–H groups in total. The molecule has 0 atom stereocenters. The Morgan fingerprint density at radius 1 is 1.00 bits per heavy atom. The molecule has 5 heavy (non-hydrogen) atoms. The maximum atomic E-state index is 0. The van der Waals surface area contributed by atoms with Crippen LogP contribution in [0.3, 0.4) is 0 Å². The van der Waals surface area contributed by atoms with E-state index in [2.05, 4.69) is 0 Å². The average molecular weight is 235 g/mol. The molecule has 0 radical (unpaired) electrons. The molecule has 0 aliphatic carbocycles. The van der Waals surface area contributed by atoms with Crippen LogP contribution in [0.2, 0.25) is 0 Å². The van der Waals surface area contributed by atoms with Crippen LogP contribution in [0.1, 0.15) is 2.85 Å². The topological polar surface area (TPSA) is 31.5 Å². The number of rotatable bonds is 0. The van der Waals surface area contributed by atoms with E-state index in [4.69, 9.17) is 0 Å². The van der Waals surface area contributed by atoms with Crippen LogP contribution in [0.5, 0.6) is 0 Å².